The Bertz CT molecular complexity index is 268. The first-order chi connectivity index (χ1) is 7.19. The third-order valence-electron chi connectivity index (χ3n) is 2.12. The van der Waals surface area contributed by atoms with Crippen molar-refractivity contribution in [1.29, 1.82) is 0 Å². The molecule has 2 unspecified atom stereocenters. The lowest BCUT2D eigenvalue weighted by molar-refractivity contribution is -0.00762. The molecule has 1 heterocycles. The molecule has 0 radical (unpaired) electrons. The molecule has 86 valence electrons. The van der Waals surface area contributed by atoms with Crippen LogP contribution in [0.2, 0.25) is 0 Å². The van der Waals surface area contributed by atoms with Crippen molar-refractivity contribution < 1.29 is 14.2 Å². The molecule has 0 fully saturated rings. The molecule has 0 aromatic rings. The molecule has 0 aromatic heterocycles. The van der Waals surface area contributed by atoms with Crippen molar-refractivity contribution in [2.24, 2.45) is 10.7 Å². The van der Waals surface area contributed by atoms with Gasteiger partial charge in [-0.25, -0.2) is 9.38 Å². The van der Waals surface area contributed by atoms with Gasteiger partial charge in [-0.2, -0.15) is 0 Å². The standard InChI is InChI=1S/C9H16FN3O2/c1-2-6(3-4-11)15-9-7(10)8(14)12-5-13-9/h5-6,9,14H,2-4,11H2,1H3,(H,12,13). The lowest BCUT2D eigenvalue weighted by Gasteiger charge is -2.22. The molecule has 0 spiro atoms. The van der Waals surface area contributed by atoms with Gasteiger partial charge in [-0.1, -0.05) is 6.92 Å². The average Bonchev–Trinajstić information content (AvgIpc) is 2.24. The number of nitrogens with two attached hydrogens (primary N) is 1. The predicted molar refractivity (Wildman–Crippen MR) is 55.0 cm³/mol. The van der Waals surface area contributed by atoms with E-state index in [0.717, 1.165) is 6.42 Å². The number of halogens is 1. The summed E-state index contributed by atoms with van der Waals surface area (Å²) in [5.74, 6) is -1.34. The molecule has 0 saturated heterocycles. The van der Waals surface area contributed by atoms with E-state index in [1.807, 2.05) is 6.92 Å². The van der Waals surface area contributed by atoms with Crippen LogP contribution in [0.15, 0.2) is 16.7 Å². The van der Waals surface area contributed by atoms with Gasteiger partial charge in [0.1, 0.15) is 0 Å². The predicted octanol–water partition coefficient (Wildman–Crippen LogP) is 0.785. The lowest BCUT2D eigenvalue weighted by Crippen LogP contribution is -2.29. The molecule has 0 aliphatic carbocycles. The van der Waals surface area contributed by atoms with Crippen molar-refractivity contribution in [3.63, 3.8) is 0 Å². The Kier molecular flexibility index (Phi) is 4.51. The Morgan fingerprint density at radius 3 is 3.13 bits per heavy atom. The number of ether oxygens (including phenoxy) is 1. The fourth-order valence-electron chi connectivity index (χ4n) is 1.25. The Labute approximate surface area is 87.8 Å². The lowest BCUT2D eigenvalue weighted by atomic mass is 10.2. The third kappa shape index (κ3) is 3.17. The van der Waals surface area contributed by atoms with Gasteiger partial charge in [-0.3, -0.25) is 0 Å². The summed E-state index contributed by atoms with van der Waals surface area (Å²) in [7, 11) is 0. The van der Waals surface area contributed by atoms with Crippen LogP contribution in [0.5, 0.6) is 0 Å². The maximum Gasteiger partial charge on any atom is 0.227 e. The highest BCUT2D eigenvalue weighted by molar-refractivity contribution is 5.59. The highest BCUT2D eigenvalue weighted by Crippen LogP contribution is 2.18. The number of nitrogens with zero attached hydrogens (tertiary/aromatic N) is 1. The van der Waals surface area contributed by atoms with E-state index in [0.29, 0.717) is 13.0 Å². The van der Waals surface area contributed by atoms with Crippen molar-refractivity contribution in [3.8, 4) is 0 Å². The average molecular weight is 217 g/mol. The SMILES string of the molecule is CCC(CCN)OC1N=CNC(O)=C1F. The zero-order valence-corrected chi connectivity index (χ0v) is 8.61. The fourth-order valence-corrected chi connectivity index (χ4v) is 1.25. The van der Waals surface area contributed by atoms with Crippen LogP contribution in [0.3, 0.4) is 0 Å². The summed E-state index contributed by atoms with van der Waals surface area (Å²) < 4.78 is 18.6. The molecule has 0 bridgehead atoms. The molecule has 4 N–H and O–H groups in total. The van der Waals surface area contributed by atoms with Gasteiger partial charge in [0.15, 0.2) is 0 Å². The van der Waals surface area contributed by atoms with Gasteiger partial charge in [-0.05, 0) is 19.4 Å². The van der Waals surface area contributed by atoms with Gasteiger partial charge in [0.2, 0.25) is 17.9 Å². The second-order valence-electron chi connectivity index (χ2n) is 3.22. The van der Waals surface area contributed by atoms with Gasteiger partial charge < -0.3 is 20.9 Å². The molecule has 6 heteroatoms. The highest BCUT2D eigenvalue weighted by Gasteiger charge is 2.24. The third-order valence-corrected chi connectivity index (χ3v) is 2.12. The first-order valence-corrected chi connectivity index (χ1v) is 4.91. The van der Waals surface area contributed by atoms with E-state index in [9.17, 15) is 4.39 Å². The van der Waals surface area contributed by atoms with E-state index in [-0.39, 0.29) is 6.10 Å². The van der Waals surface area contributed by atoms with E-state index < -0.39 is 17.9 Å². The Balaban J connectivity index is 2.56. The topological polar surface area (TPSA) is 79.9 Å². The number of aliphatic imine (C=N–C) groups is 1. The first-order valence-electron chi connectivity index (χ1n) is 4.91. The van der Waals surface area contributed by atoms with Crippen LogP contribution in [0.25, 0.3) is 0 Å². The largest absolute Gasteiger partial charge is 0.493 e. The van der Waals surface area contributed by atoms with E-state index in [1.165, 1.54) is 6.34 Å². The van der Waals surface area contributed by atoms with Crippen LogP contribution in [0, 0.1) is 0 Å². The summed E-state index contributed by atoms with van der Waals surface area (Å²) >= 11 is 0. The van der Waals surface area contributed by atoms with E-state index >= 15 is 0 Å². The fraction of sp³-hybridized carbons (Fsp3) is 0.667. The van der Waals surface area contributed by atoms with Gasteiger partial charge in [0.25, 0.3) is 0 Å². The summed E-state index contributed by atoms with van der Waals surface area (Å²) in [5.41, 5.74) is 5.39. The number of rotatable bonds is 5. The molecular weight excluding hydrogens is 201 g/mol. The van der Waals surface area contributed by atoms with Crippen LogP contribution in [-0.4, -0.2) is 30.3 Å². The van der Waals surface area contributed by atoms with E-state index in [2.05, 4.69) is 10.3 Å². The summed E-state index contributed by atoms with van der Waals surface area (Å²) in [4.78, 5) is 3.74. The zero-order valence-electron chi connectivity index (χ0n) is 8.61. The summed E-state index contributed by atoms with van der Waals surface area (Å²) in [6.07, 6.45) is 1.38. The second kappa shape index (κ2) is 5.67. The van der Waals surface area contributed by atoms with Crippen LogP contribution in [-0.2, 0) is 4.74 Å². The van der Waals surface area contributed by atoms with Gasteiger partial charge >= 0.3 is 0 Å². The molecule has 0 aromatic carbocycles. The van der Waals surface area contributed by atoms with Crippen molar-refractivity contribution >= 4 is 6.34 Å². The molecule has 5 nitrogen and oxygen atoms in total. The quantitative estimate of drug-likeness (QED) is 0.636. The van der Waals surface area contributed by atoms with Gasteiger partial charge in [0, 0.05) is 0 Å². The molecule has 0 amide bonds. The summed E-state index contributed by atoms with van der Waals surface area (Å²) in [6, 6.07) is 0. The van der Waals surface area contributed by atoms with Gasteiger partial charge in [-0.15, -0.1) is 0 Å². The summed E-state index contributed by atoms with van der Waals surface area (Å²) in [6.45, 7) is 2.40. The number of nitrogens with one attached hydrogen (secondary N) is 1. The molecule has 2 atom stereocenters. The molecule has 1 aliphatic rings. The minimum absolute atomic E-state index is 0.145. The number of aliphatic hydroxyl groups excluding tert-OH is 1. The minimum Gasteiger partial charge on any atom is -0.493 e. The second-order valence-corrected chi connectivity index (χ2v) is 3.22. The van der Waals surface area contributed by atoms with Crippen LogP contribution < -0.4 is 11.1 Å². The maximum atomic E-state index is 13.3. The van der Waals surface area contributed by atoms with Gasteiger partial charge in [0.05, 0.1) is 12.4 Å². The number of hydrogen-bond acceptors (Lipinski definition) is 5. The van der Waals surface area contributed by atoms with E-state index in [1.54, 1.807) is 0 Å². The maximum absolute atomic E-state index is 13.3. The first kappa shape index (κ1) is 11.9. The molecule has 15 heavy (non-hydrogen) atoms. The Morgan fingerprint density at radius 1 is 1.80 bits per heavy atom. The normalized spacial score (nSPS) is 22.7. The highest BCUT2D eigenvalue weighted by atomic mass is 19.1. The zero-order chi connectivity index (χ0) is 11.3. The Hall–Kier alpha value is -1.14. The van der Waals surface area contributed by atoms with E-state index in [4.69, 9.17) is 15.6 Å². The van der Waals surface area contributed by atoms with Crippen molar-refractivity contribution in [2.75, 3.05) is 6.54 Å². The number of hydrogen-bond donors (Lipinski definition) is 3. The monoisotopic (exact) mass is 217 g/mol. The molecule has 0 saturated carbocycles. The van der Waals surface area contributed by atoms with Crippen LogP contribution in [0.1, 0.15) is 19.8 Å². The molecular formula is C9H16FN3O2. The smallest absolute Gasteiger partial charge is 0.227 e. The van der Waals surface area contributed by atoms with Crippen LogP contribution in [0.4, 0.5) is 4.39 Å². The van der Waals surface area contributed by atoms with Crippen molar-refractivity contribution in [2.45, 2.75) is 32.1 Å². The molecule has 1 aliphatic heterocycles. The Morgan fingerprint density at radius 2 is 2.53 bits per heavy atom. The summed E-state index contributed by atoms with van der Waals surface area (Å²) in [5, 5.41) is 11.3. The van der Waals surface area contributed by atoms with Crippen molar-refractivity contribution in [3.05, 3.63) is 11.7 Å². The van der Waals surface area contributed by atoms with Crippen molar-refractivity contribution in [1.82, 2.24) is 5.32 Å². The minimum atomic E-state index is -1.05. The number of aliphatic hydroxyl groups is 1. The van der Waals surface area contributed by atoms with Crippen LogP contribution >= 0.6 is 0 Å². The molecule has 1 rings (SSSR count).